The Morgan fingerprint density at radius 2 is 1.82 bits per heavy atom. The van der Waals surface area contributed by atoms with Crippen molar-refractivity contribution in [2.45, 2.75) is 12.8 Å². The molecule has 0 radical (unpaired) electrons. The van der Waals surface area contributed by atoms with Crippen LogP contribution in [-0.4, -0.2) is 0 Å². The molecule has 0 heterocycles. The lowest BCUT2D eigenvalue weighted by Gasteiger charge is -2.12. The first-order valence-corrected chi connectivity index (χ1v) is 4.57. The molecular formula is C10H9Br. The number of allylic oxidation sites excluding steroid dienone is 2. The van der Waals surface area contributed by atoms with E-state index in [2.05, 4.69) is 46.3 Å². The van der Waals surface area contributed by atoms with E-state index >= 15 is 0 Å². The monoisotopic (exact) mass is 208 g/mol. The molecular weight excluding hydrogens is 200 g/mol. The molecule has 0 N–H and O–H groups in total. The summed E-state index contributed by atoms with van der Waals surface area (Å²) >= 11 is 3.52. The largest absolute Gasteiger partial charge is 0.0696 e. The second-order valence-electron chi connectivity index (χ2n) is 2.80. The van der Waals surface area contributed by atoms with E-state index in [-0.39, 0.29) is 0 Å². The van der Waals surface area contributed by atoms with Crippen LogP contribution >= 0.6 is 15.9 Å². The van der Waals surface area contributed by atoms with Gasteiger partial charge in [-0.1, -0.05) is 46.3 Å². The highest BCUT2D eigenvalue weighted by Crippen LogP contribution is 2.23. The van der Waals surface area contributed by atoms with Gasteiger partial charge in [0.15, 0.2) is 0 Å². The van der Waals surface area contributed by atoms with E-state index in [0.717, 1.165) is 12.8 Å². The van der Waals surface area contributed by atoms with Gasteiger partial charge in [0.25, 0.3) is 0 Å². The van der Waals surface area contributed by atoms with Gasteiger partial charge in [-0.25, -0.2) is 0 Å². The molecule has 56 valence electrons. The summed E-state index contributed by atoms with van der Waals surface area (Å²) in [5.41, 5.74) is 2.93. The first-order chi connectivity index (χ1) is 5.36. The molecule has 0 saturated heterocycles. The van der Waals surface area contributed by atoms with Crippen molar-refractivity contribution in [1.82, 2.24) is 0 Å². The SMILES string of the molecule is BrC1=CCc2ccccc2C1. The van der Waals surface area contributed by atoms with E-state index in [1.807, 2.05) is 0 Å². The minimum absolute atomic E-state index is 1.07. The summed E-state index contributed by atoms with van der Waals surface area (Å²) < 4.78 is 1.32. The Morgan fingerprint density at radius 3 is 2.64 bits per heavy atom. The number of fused-ring (bicyclic) bond motifs is 1. The Hall–Kier alpha value is -0.560. The fraction of sp³-hybridized carbons (Fsp3) is 0.200. The molecule has 0 unspecified atom stereocenters. The van der Waals surface area contributed by atoms with Crippen molar-refractivity contribution in [2.75, 3.05) is 0 Å². The lowest BCUT2D eigenvalue weighted by molar-refractivity contribution is 1.08. The topological polar surface area (TPSA) is 0 Å². The first-order valence-electron chi connectivity index (χ1n) is 3.77. The summed E-state index contributed by atoms with van der Waals surface area (Å²) in [5.74, 6) is 0. The van der Waals surface area contributed by atoms with E-state index in [9.17, 15) is 0 Å². The van der Waals surface area contributed by atoms with Crippen LogP contribution in [0.4, 0.5) is 0 Å². The Balaban J connectivity index is 2.42. The molecule has 11 heavy (non-hydrogen) atoms. The van der Waals surface area contributed by atoms with Gasteiger partial charge < -0.3 is 0 Å². The summed E-state index contributed by atoms with van der Waals surface area (Å²) in [4.78, 5) is 0. The third-order valence-corrected chi connectivity index (χ3v) is 2.63. The zero-order chi connectivity index (χ0) is 7.68. The molecule has 0 bridgehead atoms. The summed E-state index contributed by atoms with van der Waals surface area (Å²) in [6.45, 7) is 0. The van der Waals surface area contributed by atoms with E-state index < -0.39 is 0 Å². The van der Waals surface area contributed by atoms with Crippen LogP contribution in [-0.2, 0) is 12.8 Å². The van der Waals surface area contributed by atoms with E-state index in [4.69, 9.17) is 0 Å². The molecule has 1 aliphatic carbocycles. The molecule has 0 nitrogen and oxygen atoms in total. The van der Waals surface area contributed by atoms with Crippen LogP contribution in [0.15, 0.2) is 34.8 Å². The van der Waals surface area contributed by atoms with Crippen molar-refractivity contribution in [2.24, 2.45) is 0 Å². The quantitative estimate of drug-likeness (QED) is 0.615. The first kappa shape index (κ1) is 7.11. The summed E-state index contributed by atoms with van der Waals surface area (Å²) in [7, 11) is 0. The Bertz CT molecular complexity index is 299. The predicted molar refractivity (Wildman–Crippen MR) is 50.9 cm³/mol. The van der Waals surface area contributed by atoms with Crippen molar-refractivity contribution >= 4 is 15.9 Å². The number of hydrogen-bond donors (Lipinski definition) is 0. The molecule has 0 amide bonds. The second kappa shape index (κ2) is 2.82. The predicted octanol–water partition coefficient (Wildman–Crippen LogP) is 3.06. The normalized spacial score (nSPS) is 15.5. The maximum atomic E-state index is 3.52. The van der Waals surface area contributed by atoms with E-state index in [0.29, 0.717) is 0 Å². The number of benzene rings is 1. The molecule has 1 heteroatoms. The molecule has 0 atom stereocenters. The molecule has 0 saturated carbocycles. The van der Waals surface area contributed by atoms with Gasteiger partial charge in [-0.2, -0.15) is 0 Å². The van der Waals surface area contributed by atoms with Crippen molar-refractivity contribution in [1.29, 1.82) is 0 Å². The maximum absolute atomic E-state index is 3.52. The standard InChI is InChI=1S/C10H9Br/c11-10-6-5-8-3-1-2-4-9(8)7-10/h1-4,6H,5,7H2. The van der Waals surface area contributed by atoms with Crippen LogP contribution in [0.25, 0.3) is 0 Å². The van der Waals surface area contributed by atoms with E-state index in [1.165, 1.54) is 15.6 Å². The van der Waals surface area contributed by atoms with Gasteiger partial charge >= 0.3 is 0 Å². The highest BCUT2D eigenvalue weighted by atomic mass is 79.9. The lowest BCUT2D eigenvalue weighted by atomic mass is 9.97. The van der Waals surface area contributed by atoms with Crippen LogP contribution in [0.2, 0.25) is 0 Å². The highest BCUT2D eigenvalue weighted by Gasteiger charge is 2.06. The molecule has 0 aliphatic heterocycles. The molecule has 1 aliphatic rings. The van der Waals surface area contributed by atoms with Gasteiger partial charge in [0, 0.05) is 6.42 Å². The van der Waals surface area contributed by atoms with Gasteiger partial charge in [0.2, 0.25) is 0 Å². The minimum Gasteiger partial charge on any atom is -0.0696 e. The zero-order valence-corrected chi connectivity index (χ0v) is 7.76. The van der Waals surface area contributed by atoms with Crippen molar-refractivity contribution in [3.05, 3.63) is 46.0 Å². The van der Waals surface area contributed by atoms with Crippen LogP contribution in [0.1, 0.15) is 11.1 Å². The average Bonchev–Trinajstić information content (AvgIpc) is 2.04. The fourth-order valence-electron chi connectivity index (χ4n) is 1.40. The molecule has 0 spiro atoms. The molecule has 1 aromatic carbocycles. The smallest absolute Gasteiger partial charge is 0.00404 e. The zero-order valence-electron chi connectivity index (χ0n) is 6.18. The van der Waals surface area contributed by atoms with Crippen molar-refractivity contribution in [3.8, 4) is 0 Å². The summed E-state index contributed by atoms with van der Waals surface area (Å²) in [6, 6.07) is 8.60. The van der Waals surface area contributed by atoms with Crippen LogP contribution in [0.3, 0.4) is 0 Å². The second-order valence-corrected chi connectivity index (χ2v) is 3.82. The highest BCUT2D eigenvalue weighted by molar-refractivity contribution is 9.11. The Labute approximate surface area is 75.1 Å². The average molecular weight is 209 g/mol. The molecule has 0 aromatic heterocycles. The van der Waals surface area contributed by atoms with Gasteiger partial charge in [-0.05, 0) is 22.0 Å². The summed E-state index contributed by atoms with van der Waals surface area (Å²) in [5, 5.41) is 0. The lowest BCUT2D eigenvalue weighted by Crippen LogP contribution is -1.98. The van der Waals surface area contributed by atoms with Gasteiger partial charge in [-0.3, -0.25) is 0 Å². The van der Waals surface area contributed by atoms with Gasteiger partial charge in [-0.15, -0.1) is 0 Å². The van der Waals surface area contributed by atoms with Crippen molar-refractivity contribution < 1.29 is 0 Å². The Kier molecular flexibility index (Phi) is 1.82. The number of hydrogen-bond acceptors (Lipinski definition) is 0. The molecule has 0 fully saturated rings. The van der Waals surface area contributed by atoms with E-state index in [1.54, 1.807) is 0 Å². The fourth-order valence-corrected chi connectivity index (χ4v) is 1.87. The van der Waals surface area contributed by atoms with Crippen molar-refractivity contribution in [3.63, 3.8) is 0 Å². The number of rotatable bonds is 0. The minimum atomic E-state index is 1.07. The third-order valence-electron chi connectivity index (χ3n) is 2.02. The molecule has 2 rings (SSSR count). The van der Waals surface area contributed by atoms with Gasteiger partial charge in [0.05, 0.1) is 0 Å². The number of halogens is 1. The maximum Gasteiger partial charge on any atom is 0.00404 e. The van der Waals surface area contributed by atoms with Crippen LogP contribution < -0.4 is 0 Å². The van der Waals surface area contributed by atoms with Gasteiger partial charge in [0.1, 0.15) is 0 Å². The Morgan fingerprint density at radius 1 is 1.09 bits per heavy atom. The molecule has 1 aromatic rings. The summed E-state index contributed by atoms with van der Waals surface area (Å²) in [6.07, 6.45) is 4.38. The van der Waals surface area contributed by atoms with Crippen LogP contribution in [0.5, 0.6) is 0 Å². The van der Waals surface area contributed by atoms with Crippen LogP contribution in [0, 0.1) is 0 Å². The third kappa shape index (κ3) is 1.38.